The summed E-state index contributed by atoms with van der Waals surface area (Å²) in [5.41, 5.74) is 2.61. The average Bonchev–Trinajstić information content (AvgIpc) is 2.50. The number of rotatable bonds is 1. The van der Waals surface area contributed by atoms with Gasteiger partial charge in [0.1, 0.15) is 5.75 Å². The van der Waals surface area contributed by atoms with Gasteiger partial charge in [-0.3, -0.25) is 0 Å². The summed E-state index contributed by atoms with van der Waals surface area (Å²) in [4.78, 5) is 0. The van der Waals surface area contributed by atoms with Crippen LogP contribution in [0.4, 0.5) is 0 Å². The Morgan fingerprint density at radius 1 is 1.36 bits per heavy atom. The van der Waals surface area contributed by atoms with Crippen molar-refractivity contribution >= 4 is 6.08 Å². The van der Waals surface area contributed by atoms with Crippen molar-refractivity contribution in [2.24, 2.45) is 0 Å². The van der Waals surface area contributed by atoms with E-state index in [0.717, 1.165) is 12.2 Å². The Morgan fingerprint density at radius 3 is 3.09 bits per heavy atom. The summed E-state index contributed by atoms with van der Waals surface area (Å²) in [6.07, 6.45) is 5.33. The first-order valence-electron chi connectivity index (χ1n) is 3.74. The summed E-state index contributed by atoms with van der Waals surface area (Å²) in [5, 5.41) is 0. The lowest BCUT2D eigenvalue weighted by atomic mass is 10.1. The molecule has 1 aromatic carbocycles. The van der Waals surface area contributed by atoms with Crippen LogP contribution >= 0.6 is 0 Å². The predicted octanol–water partition coefficient (Wildman–Crippen LogP) is 2.26. The molecule has 0 aromatic heterocycles. The fourth-order valence-electron chi connectivity index (χ4n) is 1.44. The highest BCUT2D eigenvalue weighted by atomic mass is 16.5. The van der Waals surface area contributed by atoms with E-state index in [1.54, 1.807) is 7.11 Å². The highest BCUT2D eigenvalue weighted by Gasteiger charge is 2.08. The van der Waals surface area contributed by atoms with Crippen molar-refractivity contribution in [3.63, 3.8) is 0 Å². The third-order valence-corrected chi connectivity index (χ3v) is 2.00. The maximum Gasteiger partial charge on any atom is 0.126 e. The minimum Gasteiger partial charge on any atom is -0.496 e. The second-order valence-electron chi connectivity index (χ2n) is 2.64. The van der Waals surface area contributed by atoms with Crippen molar-refractivity contribution in [1.29, 1.82) is 0 Å². The van der Waals surface area contributed by atoms with E-state index in [1.165, 1.54) is 11.1 Å². The molecule has 0 saturated carbocycles. The van der Waals surface area contributed by atoms with Gasteiger partial charge < -0.3 is 4.74 Å². The maximum atomic E-state index is 5.21. The second kappa shape index (κ2) is 2.42. The van der Waals surface area contributed by atoms with Crippen LogP contribution in [0.15, 0.2) is 24.3 Å². The smallest absolute Gasteiger partial charge is 0.126 e. The zero-order valence-corrected chi connectivity index (χ0v) is 6.50. The van der Waals surface area contributed by atoms with Crippen LogP contribution in [-0.4, -0.2) is 7.11 Å². The number of hydrogen-bond acceptors (Lipinski definition) is 1. The average molecular weight is 146 g/mol. The van der Waals surface area contributed by atoms with Crippen molar-refractivity contribution in [2.45, 2.75) is 6.42 Å². The number of benzene rings is 1. The third-order valence-electron chi connectivity index (χ3n) is 2.00. The van der Waals surface area contributed by atoms with E-state index in [9.17, 15) is 0 Å². The summed E-state index contributed by atoms with van der Waals surface area (Å²) >= 11 is 0. The first kappa shape index (κ1) is 6.47. The lowest BCUT2D eigenvalue weighted by Crippen LogP contribution is -1.88. The summed E-state index contributed by atoms with van der Waals surface area (Å²) < 4.78 is 5.21. The van der Waals surface area contributed by atoms with Crippen LogP contribution in [0.5, 0.6) is 5.75 Å². The van der Waals surface area contributed by atoms with Crippen molar-refractivity contribution in [3.05, 3.63) is 35.4 Å². The third kappa shape index (κ3) is 0.929. The molecule has 0 saturated heterocycles. The van der Waals surface area contributed by atoms with E-state index in [4.69, 9.17) is 4.74 Å². The van der Waals surface area contributed by atoms with Gasteiger partial charge in [0.15, 0.2) is 0 Å². The molecule has 0 spiro atoms. The Kier molecular flexibility index (Phi) is 1.42. The Hall–Kier alpha value is -1.24. The van der Waals surface area contributed by atoms with Crippen molar-refractivity contribution in [1.82, 2.24) is 0 Å². The lowest BCUT2D eigenvalue weighted by Gasteiger charge is -2.04. The molecule has 1 aliphatic rings. The molecule has 0 amide bonds. The van der Waals surface area contributed by atoms with Gasteiger partial charge in [-0.05, 0) is 18.1 Å². The van der Waals surface area contributed by atoms with Crippen LogP contribution in [0, 0.1) is 0 Å². The van der Waals surface area contributed by atoms with Crippen LogP contribution in [0.3, 0.4) is 0 Å². The zero-order chi connectivity index (χ0) is 7.68. The van der Waals surface area contributed by atoms with Gasteiger partial charge in [0.2, 0.25) is 0 Å². The molecule has 0 aliphatic heterocycles. The molecule has 0 atom stereocenters. The molecule has 11 heavy (non-hydrogen) atoms. The summed E-state index contributed by atoms with van der Waals surface area (Å²) in [5.74, 6) is 0.983. The molecule has 0 heterocycles. The van der Waals surface area contributed by atoms with Crippen LogP contribution in [-0.2, 0) is 6.42 Å². The van der Waals surface area contributed by atoms with Crippen LogP contribution < -0.4 is 4.74 Å². The minimum absolute atomic E-state index is 0.983. The Morgan fingerprint density at radius 2 is 2.27 bits per heavy atom. The number of fused-ring (bicyclic) bond motifs is 1. The topological polar surface area (TPSA) is 9.23 Å². The molecule has 0 unspecified atom stereocenters. The summed E-state index contributed by atoms with van der Waals surface area (Å²) in [6, 6.07) is 6.16. The number of hydrogen-bond donors (Lipinski definition) is 0. The molecule has 0 radical (unpaired) electrons. The molecule has 1 aromatic rings. The largest absolute Gasteiger partial charge is 0.496 e. The first-order chi connectivity index (χ1) is 5.42. The van der Waals surface area contributed by atoms with Gasteiger partial charge in [-0.15, -0.1) is 0 Å². The molecule has 56 valence electrons. The molecule has 1 aliphatic carbocycles. The maximum absolute atomic E-state index is 5.21. The van der Waals surface area contributed by atoms with E-state index >= 15 is 0 Å². The zero-order valence-electron chi connectivity index (χ0n) is 6.50. The van der Waals surface area contributed by atoms with Gasteiger partial charge >= 0.3 is 0 Å². The van der Waals surface area contributed by atoms with E-state index in [0.29, 0.717) is 0 Å². The molecule has 0 fully saturated rings. The Labute approximate surface area is 66.3 Å². The Balaban J connectivity index is 2.57. The second-order valence-corrected chi connectivity index (χ2v) is 2.64. The fraction of sp³-hybridized carbons (Fsp3) is 0.200. The highest BCUT2D eigenvalue weighted by molar-refractivity contribution is 5.65. The molecule has 1 heteroatoms. The van der Waals surface area contributed by atoms with E-state index < -0.39 is 0 Å². The van der Waals surface area contributed by atoms with E-state index in [2.05, 4.69) is 18.2 Å². The summed E-state index contributed by atoms with van der Waals surface area (Å²) in [7, 11) is 1.71. The molecule has 1 nitrogen and oxygen atoms in total. The number of allylic oxidation sites excluding steroid dienone is 1. The van der Waals surface area contributed by atoms with Crippen molar-refractivity contribution < 1.29 is 4.74 Å². The Bertz CT molecular complexity index is 300. The summed E-state index contributed by atoms with van der Waals surface area (Å²) in [6.45, 7) is 0. The van der Waals surface area contributed by atoms with E-state index in [-0.39, 0.29) is 0 Å². The number of methoxy groups -OCH3 is 1. The van der Waals surface area contributed by atoms with Crippen LogP contribution in [0.1, 0.15) is 11.1 Å². The van der Waals surface area contributed by atoms with E-state index in [1.807, 2.05) is 12.1 Å². The van der Waals surface area contributed by atoms with Crippen LogP contribution in [0.2, 0.25) is 0 Å². The lowest BCUT2D eigenvalue weighted by molar-refractivity contribution is 0.413. The van der Waals surface area contributed by atoms with Gasteiger partial charge in [-0.25, -0.2) is 0 Å². The molecule has 0 bridgehead atoms. The van der Waals surface area contributed by atoms with Gasteiger partial charge in [0, 0.05) is 5.56 Å². The van der Waals surface area contributed by atoms with Crippen molar-refractivity contribution in [3.8, 4) is 5.75 Å². The number of ether oxygens (including phenoxy) is 1. The quantitative estimate of drug-likeness (QED) is 0.590. The van der Waals surface area contributed by atoms with Crippen molar-refractivity contribution in [2.75, 3.05) is 7.11 Å². The normalized spacial score (nSPS) is 13.2. The fourth-order valence-corrected chi connectivity index (χ4v) is 1.44. The monoisotopic (exact) mass is 146 g/mol. The first-order valence-corrected chi connectivity index (χ1v) is 3.74. The predicted molar refractivity (Wildman–Crippen MR) is 45.7 cm³/mol. The SMILES string of the molecule is COc1cccc2c1C=CC2. The highest BCUT2D eigenvalue weighted by Crippen LogP contribution is 2.28. The van der Waals surface area contributed by atoms with Gasteiger partial charge in [0.25, 0.3) is 0 Å². The molecular formula is C10H10O. The van der Waals surface area contributed by atoms with Gasteiger partial charge in [-0.2, -0.15) is 0 Å². The minimum atomic E-state index is 0.983. The molecule has 2 rings (SSSR count). The standard InChI is InChI=1S/C10H10O/c1-11-10-7-3-5-8-4-2-6-9(8)10/h2-3,5-7H,4H2,1H3. The van der Waals surface area contributed by atoms with Gasteiger partial charge in [-0.1, -0.05) is 24.3 Å². The molecular weight excluding hydrogens is 136 g/mol. The van der Waals surface area contributed by atoms with Gasteiger partial charge in [0.05, 0.1) is 7.11 Å². The van der Waals surface area contributed by atoms with Crippen LogP contribution in [0.25, 0.3) is 6.08 Å². The molecule has 0 N–H and O–H groups in total.